The van der Waals surface area contributed by atoms with Crippen molar-refractivity contribution < 1.29 is 9.59 Å². The van der Waals surface area contributed by atoms with E-state index in [2.05, 4.69) is 15.7 Å². The summed E-state index contributed by atoms with van der Waals surface area (Å²) in [6.45, 7) is 7.94. The lowest BCUT2D eigenvalue weighted by atomic mass is 10.1. The van der Waals surface area contributed by atoms with Crippen LogP contribution in [0.1, 0.15) is 37.6 Å². The van der Waals surface area contributed by atoms with Gasteiger partial charge in [-0.25, -0.2) is 4.68 Å². The Bertz CT molecular complexity index is 836. The van der Waals surface area contributed by atoms with Gasteiger partial charge in [-0.3, -0.25) is 9.59 Å². The number of amides is 2. The highest BCUT2D eigenvalue weighted by molar-refractivity contribution is 6.31. The molecule has 0 saturated carbocycles. The summed E-state index contributed by atoms with van der Waals surface area (Å²) in [5.41, 5.74) is 2.16. The number of aryl methyl sites for hydroxylation is 1. The van der Waals surface area contributed by atoms with Gasteiger partial charge in [0, 0.05) is 17.2 Å². The molecular weight excluding hydrogens is 364 g/mol. The number of hydrogen-bond donors (Lipinski definition) is 2. The quantitative estimate of drug-likeness (QED) is 0.747. The molecule has 6 nitrogen and oxygen atoms in total. The molecule has 1 aromatic heterocycles. The fraction of sp³-hybridized carbons (Fsp3) is 0.350. The fourth-order valence-corrected chi connectivity index (χ4v) is 2.76. The second-order valence-corrected chi connectivity index (χ2v) is 7.64. The van der Waals surface area contributed by atoms with Gasteiger partial charge in [0.15, 0.2) is 0 Å². The summed E-state index contributed by atoms with van der Waals surface area (Å²) in [4.78, 5) is 23.7. The topological polar surface area (TPSA) is 76.0 Å². The zero-order valence-corrected chi connectivity index (χ0v) is 16.8. The Morgan fingerprint density at radius 2 is 1.89 bits per heavy atom. The zero-order valence-electron chi connectivity index (χ0n) is 16.0. The standard InChI is InChI=1S/C20H25ClN4O2/c1-14-16(10-11-17(26)22-12-18(27)23-20(2,3)4)19(21)25(24-14)13-15-8-6-5-7-9-15/h5-11H,12-13H2,1-4H3,(H,22,26)(H,23,27)/b11-10+. The molecule has 0 aliphatic carbocycles. The molecule has 0 aliphatic rings. The second-order valence-electron chi connectivity index (χ2n) is 7.28. The predicted octanol–water partition coefficient (Wildman–Crippen LogP) is 2.94. The lowest BCUT2D eigenvalue weighted by Gasteiger charge is -2.20. The average molecular weight is 389 g/mol. The van der Waals surface area contributed by atoms with Crippen LogP contribution in [-0.4, -0.2) is 33.7 Å². The van der Waals surface area contributed by atoms with Crippen LogP contribution in [0.2, 0.25) is 5.15 Å². The van der Waals surface area contributed by atoms with Crippen LogP contribution in [0.25, 0.3) is 6.08 Å². The third-order valence-electron chi connectivity index (χ3n) is 3.62. The van der Waals surface area contributed by atoms with Crippen LogP contribution in [0.5, 0.6) is 0 Å². The lowest BCUT2D eigenvalue weighted by molar-refractivity contribution is -0.124. The number of benzene rings is 1. The van der Waals surface area contributed by atoms with Gasteiger partial charge in [0.05, 0.1) is 18.8 Å². The molecule has 0 atom stereocenters. The summed E-state index contributed by atoms with van der Waals surface area (Å²) >= 11 is 6.42. The number of halogens is 1. The van der Waals surface area contributed by atoms with Gasteiger partial charge in [-0.05, 0) is 39.3 Å². The molecule has 144 valence electrons. The van der Waals surface area contributed by atoms with E-state index >= 15 is 0 Å². The molecule has 0 bridgehead atoms. The molecule has 7 heteroatoms. The summed E-state index contributed by atoms with van der Waals surface area (Å²) < 4.78 is 1.70. The number of nitrogens with one attached hydrogen (secondary N) is 2. The fourth-order valence-electron chi connectivity index (χ4n) is 2.47. The van der Waals surface area contributed by atoms with Crippen molar-refractivity contribution in [3.8, 4) is 0 Å². The second kappa shape index (κ2) is 8.86. The van der Waals surface area contributed by atoms with E-state index < -0.39 is 0 Å². The minimum Gasteiger partial charge on any atom is -0.350 e. The number of hydrogen-bond acceptors (Lipinski definition) is 3. The first-order valence-corrected chi connectivity index (χ1v) is 9.07. The Labute approximate surface area is 164 Å². The van der Waals surface area contributed by atoms with E-state index in [0.29, 0.717) is 17.3 Å². The highest BCUT2D eigenvalue weighted by Crippen LogP contribution is 2.22. The molecule has 1 heterocycles. The van der Waals surface area contributed by atoms with Gasteiger partial charge in [-0.15, -0.1) is 0 Å². The van der Waals surface area contributed by atoms with Crippen molar-refractivity contribution in [2.75, 3.05) is 6.54 Å². The van der Waals surface area contributed by atoms with Gasteiger partial charge in [0.2, 0.25) is 11.8 Å². The maximum Gasteiger partial charge on any atom is 0.244 e. The summed E-state index contributed by atoms with van der Waals surface area (Å²) in [5, 5.41) is 10.2. The summed E-state index contributed by atoms with van der Waals surface area (Å²) in [7, 11) is 0. The van der Waals surface area contributed by atoms with Crippen molar-refractivity contribution >= 4 is 29.5 Å². The SMILES string of the molecule is Cc1nn(Cc2ccccc2)c(Cl)c1/C=C/C(=O)NCC(=O)NC(C)(C)C. The van der Waals surface area contributed by atoms with Gasteiger partial charge in [-0.1, -0.05) is 41.9 Å². The minimum absolute atomic E-state index is 0.0829. The Morgan fingerprint density at radius 3 is 2.52 bits per heavy atom. The molecule has 0 fully saturated rings. The van der Waals surface area contributed by atoms with Crippen LogP contribution < -0.4 is 10.6 Å². The van der Waals surface area contributed by atoms with Crippen LogP contribution in [0, 0.1) is 6.92 Å². The molecule has 2 aromatic rings. The van der Waals surface area contributed by atoms with E-state index in [1.165, 1.54) is 6.08 Å². The van der Waals surface area contributed by atoms with Crippen molar-refractivity contribution in [3.63, 3.8) is 0 Å². The maximum atomic E-state index is 12.0. The van der Waals surface area contributed by atoms with E-state index in [0.717, 1.165) is 11.3 Å². The number of carbonyl (C=O) groups is 2. The van der Waals surface area contributed by atoms with Crippen LogP contribution in [0.3, 0.4) is 0 Å². The third-order valence-corrected chi connectivity index (χ3v) is 4.02. The molecule has 2 amide bonds. The van der Waals surface area contributed by atoms with Gasteiger partial charge >= 0.3 is 0 Å². The van der Waals surface area contributed by atoms with Crippen LogP contribution in [0.15, 0.2) is 36.4 Å². The molecule has 1 aromatic carbocycles. The smallest absolute Gasteiger partial charge is 0.244 e. The van der Waals surface area contributed by atoms with Crippen molar-refractivity contribution in [2.24, 2.45) is 0 Å². The first-order chi connectivity index (χ1) is 12.7. The Morgan fingerprint density at radius 1 is 1.22 bits per heavy atom. The van der Waals surface area contributed by atoms with Crippen molar-refractivity contribution in [3.05, 3.63) is 58.4 Å². The van der Waals surface area contributed by atoms with Crippen molar-refractivity contribution in [1.82, 2.24) is 20.4 Å². The molecule has 0 saturated heterocycles. The molecule has 27 heavy (non-hydrogen) atoms. The van der Waals surface area contributed by atoms with Crippen molar-refractivity contribution in [1.29, 1.82) is 0 Å². The minimum atomic E-state index is -0.370. The lowest BCUT2D eigenvalue weighted by Crippen LogP contribution is -2.45. The monoisotopic (exact) mass is 388 g/mol. The number of rotatable bonds is 6. The summed E-state index contributed by atoms with van der Waals surface area (Å²) in [5.74, 6) is -0.612. The van der Waals surface area contributed by atoms with E-state index in [1.54, 1.807) is 10.8 Å². The van der Waals surface area contributed by atoms with Crippen LogP contribution in [-0.2, 0) is 16.1 Å². The molecule has 2 N–H and O–H groups in total. The van der Waals surface area contributed by atoms with Crippen molar-refractivity contribution in [2.45, 2.75) is 39.8 Å². The number of aromatic nitrogens is 2. The highest BCUT2D eigenvalue weighted by atomic mass is 35.5. The largest absolute Gasteiger partial charge is 0.350 e. The van der Waals surface area contributed by atoms with E-state index in [-0.39, 0.29) is 23.9 Å². The van der Waals surface area contributed by atoms with Gasteiger partial charge < -0.3 is 10.6 Å². The van der Waals surface area contributed by atoms with Crippen LogP contribution >= 0.6 is 11.6 Å². The zero-order chi connectivity index (χ0) is 20.0. The maximum absolute atomic E-state index is 12.0. The third kappa shape index (κ3) is 6.57. The Hall–Kier alpha value is -2.60. The van der Waals surface area contributed by atoms with Gasteiger partial charge in [0.25, 0.3) is 0 Å². The predicted molar refractivity (Wildman–Crippen MR) is 107 cm³/mol. The van der Waals surface area contributed by atoms with Gasteiger partial charge in [-0.2, -0.15) is 5.10 Å². The molecule has 0 radical (unpaired) electrons. The molecule has 0 aliphatic heterocycles. The Kier molecular flexibility index (Phi) is 6.80. The normalized spacial score (nSPS) is 11.6. The van der Waals surface area contributed by atoms with Crippen LogP contribution in [0.4, 0.5) is 0 Å². The molecule has 0 unspecified atom stereocenters. The van der Waals surface area contributed by atoms with E-state index in [9.17, 15) is 9.59 Å². The molecular formula is C20H25ClN4O2. The summed E-state index contributed by atoms with van der Waals surface area (Å²) in [6.07, 6.45) is 2.97. The van der Waals surface area contributed by atoms with E-state index in [4.69, 9.17) is 11.6 Å². The number of nitrogens with zero attached hydrogens (tertiary/aromatic N) is 2. The first kappa shape index (κ1) is 20.7. The molecule has 2 rings (SSSR count). The van der Waals surface area contributed by atoms with Gasteiger partial charge in [0.1, 0.15) is 5.15 Å². The number of carbonyl (C=O) groups excluding carboxylic acids is 2. The first-order valence-electron chi connectivity index (χ1n) is 8.69. The average Bonchev–Trinajstić information content (AvgIpc) is 2.84. The summed E-state index contributed by atoms with van der Waals surface area (Å²) in [6, 6.07) is 9.87. The highest BCUT2D eigenvalue weighted by Gasteiger charge is 2.14. The molecule has 0 spiro atoms. The van der Waals surface area contributed by atoms with E-state index in [1.807, 2.05) is 58.0 Å². The Balaban J connectivity index is 1.98.